The molecule has 0 fully saturated rings. The summed E-state index contributed by atoms with van der Waals surface area (Å²) in [6, 6.07) is 5.34. The van der Waals surface area contributed by atoms with E-state index in [0.29, 0.717) is 0 Å². The molecule has 1 rings (SSSR count). The number of ketones is 1. The van der Waals surface area contributed by atoms with E-state index < -0.39 is 11.4 Å². The van der Waals surface area contributed by atoms with Crippen molar-refractivity contribution in [3.8, 4) is 0 Å². The second-order valence-electron chi connectivity index (χ2n) is 5.63. The van der Waals surface area contributed by atoms with Crippen molar-refractivity contribution in [2.45, 2.75) is 45.6 Å². The highest BCUT2D eigenvalue weighted by Gasteiger charge is 2.25. The van der Waals surface area contributed by atoms with E-state index in [1.165, 1.54) is 13.8 Å². The Morgan fingerprint density at radius 1 is 1.19 bits per heavy atom. The molecule has 0 aliphatic carbocycles. The molecule has 88 valence electrons. The fourth-order valence-electron chi connectivity index (χ4n) is 1.36. The molecule has 16 heavy (non-hydrogen) atoms. The van der Waals surface area contributed by atoms with Crippen LogP contribution in [0.2, 0.25) is 0 Å². The van der Waals surface area contributed by atoms with Crippen LogP contribution in [-0.2, 0) is 5.41 Å². The quantitative estimate of drug-likeness (QED) is 0.780. The Balaban J connectivity index is 3.20. The molecule has 0 spiro atoms. The van der Waals surface area contributed by atoms with Crippen LogP contribution in [0, 0.1) is 0 Å². The number of benzene rings is 1. The van der Waals surface area contributed by atoms with Crippen molar-refractivity contribution in [2.75, 3.05) is 0 Å². The van der Waals surface area contributed by atoms with E-state index in [4.69, 9.17) is 1.37 Å². The predicted octanol–water partition coefficient (Wildman–Crippen LogP) is 2.94. The minimum Gasteiger partial charge on any atom is -0.382 e. The van der Waals surface area contributed by atoms with Crippen molar-refractivity contribution in [1.29, 1.82) is 0 Å². The highest BCUT2D eigenvalue weighted by Crippen LogP contribution is 2.23. The topological polar surface area (TPSA) is 37.3 Å². The summed E-state index contributed by atoms with van der Waals surface area (Å²) in [5, 5.41) is 9.66. The lowest BCUT2D eigenvalue weighted by Crippen LogP contribution is -2.31. The minimum atomic E-state index is -1.43. The van der Waals surface area contributed by atoms with Crippen LogP contribution in [0.5, 0.6) is 0 Å². The van der Waals surface area contributed by atoms with Crippen molar-refractivity contribution in [3.63, 3.8) is 0 Å². The lowest BCUT2D eigenvalue weighted by atomic mass is 9.85. The normalized spacial score (nSPS) is 13.5. The van der Waals surface area contributed by atoms with Crippen molar-refractivity contribution >= 4 is 5.78 Å². The monoisotopic (exact) mass is 221 g/mol. The summed E-state index contributed by atoms with van der Waals surface area (Å²) in [5.74, 6) is -0.414. The maximum atomic E-state index is 11.9. The molecule has 0 radical (unpaired) electrons. The standard InChI is InChI=1S/C14H20O2/c1-13(2,3)11-8-6-10(7-9-11)12(15)14(4,5)16/h6-9,16H,1-5H3/i6D. The fourth-order valence-corrected chi connectivity index (χ4v) is 1.36. The number of rotatable bonds is 2. The second kappa shape index (κ2) is 4.02. The average molecular weight is 221 g/mol. The van der Waals surface area contributed by atoms with E-state index in [0.717, 1.165) is 5.56 Å². The molecule has 0 atom stereocenters. The number of hydrogen-bond donors (Lipinski definition) is 1. The van der Waals surface area contributed by atoms with E-state index in [2.05, 4.69) is 20.8 Å². The fraction of sp³-hybridized carbons (Fsp3) is 0.500. The van der Waals surface area contributed by atoms with Crippen LogP contribution >= 0.6 is 0 Å². The first-order valence-corrected chi connectivity index (χ1v) is 5.42. The third-order valence-corrected chi connectivity index (χ3v) is 2.48. The maximum absolute atomic E-state index is 11.9. The van der Waals surface area contributed by atoms with E-state index in [1.54, 1.807) is 12.1 Å². The lowest BCUT2D eigenvalue weighted by molar-refractivity contribution is 0.0488. The highest BCUT2D eigenvalue weighted by molar-refractivity contribution is 6.01. The van der Waals surface area contributed by atoms with Crippen LogP contribution in [0.1, 0.15) is 51.9 Å². The summed E-state index contributed by atoms with van der Waals surface area (Å²) in [6.07, 6.45) is 0. The summed E-state index contributed by atoms with van der Waals surface area (Å²) in [7, 11) is 0. The zero-order valence-corrected chi connectivity index (χ0v) is 10.6. The molecular formula is C14H20O2. The van der Waals surface area contributed by atoms with Gasteiger partial charge in [0.1, 0.15) is 5.60 Å². The first kappa shape index (κ1) is 11.3. The Morgan fingerprint density at radius 2 is 1.75 bits per heavy atom. The summed E-state index contributed by atoms with van der Waals surface area (Å²) in [5.41, 5.74) is -0.203. The lowest BCUT2D eigenvalue weighted by Gasteiger charge is -2.20. The predicted molar refractivity (Wildman–Crippen MR) is 65.8 cm³/mol. The molecule has 1 aromatic rings. The second-order valence-corrected chi connectivity index (χ2v) is 5.63. The summed E-state index contributed by atoms with van der Waals surface area (Å²) < 4.78 is 7.87. The summed E-state index contributed by atoms with van der Waals surface area (Å²) >= 11 is 0. The number of carbonyl (C=O) groups excluding carboxylic acids is 1. The number of hydrogen-bond acceptors (Lipinski definition) is 2. The third-order valence-electron chi connectivity index (χ3n) is 2.48. The van der Waals surface area contributed by atoms with Crippen LogP contribution in [-0.4, -0.2) is 16.5 Å². The van der Waals surface area contributed by atoms with Crippen LogP contribution in [0.25, 0.3) is 0 Å². The first-order valence-electron chi connectivity index (χ1n) is 5.92. The van der Waals surface area contributed by atoms with Crippen LogP contribution < -0.4 is 0 Å². The highest BCUT2D eigenvalue weighted by atomic mass is 16.3. The van der Waals surface area contributed by atoms with Gasteiger partial charge in [0, 0.05) is 5.56 Å². The maximum Gasteiger partial charge on any atom is 0.193 e. The zero-order valence-electron chi connectivity index (χ0n) is 11.6. The third kappa shape index (κ3) is 2.92. The molecule has 0 aromatic heterocycles. The smallest absolute Gasteiger partial charge is 0.193 e. The molecule has 0 aliphatic heterocycles. The van der Waals surface area contributed by atoms with Gasteiger partial charge in [-0.25, -0.2) is 0 Å². The molecule has 0 amide bonds. The largest absolute Gasteiger partial charge is 0.382 e. The van der Waals surface area contributed by atoms with Crippen molar-refractivity contribution in [2.24, 2.45) is 0 Å². The molecule has 2 nitrogen and oxygen atoms in total. The van der Waals surface area contributed by atoms with Crippen LogP contribution in [0.4, 0.5) is 0 Å². The Labute approximate surface area is 98.7 Å². The van der Waals surface area contributed by atoms with Crippen molar-refractivity contribution < 1.29 is 11.3 Å². The van der Waals surface area contributed by atoms with Gasteiger partial charge in [0.15, 0.2) is 5.78 Å². The first-order chi connectivity index (χ1) is 7.53. The van der Waals surface area contributed by atoms with Crippen LogP contribution in [0.3, 0.4) is 0 Å². The van der Waals surface area contributed by atoms with E-state index in [-0.39, 0.29) is 17.0 Å². The van der Waals surface area contributed by atoms with E-state index >= 15 is 0 Å². The molecule has 0 aliphatic rings. The molecule has 0 saturated carbocycles. The number of Topliss-reactive ketones (excluding diaryl/α,β-unsaturated/α-hetero) is 1. The molecule has 0 heterocycles. The molecule has 1 aromatic carbocycles. The van der Waals surface area contributed by atoms with Gasteiger partial charge in [-0.3, -0.25) is 4.79 Å². The van der Waals surface area contributed by atoms with Gasteiger partial charge in [-0.05, 0) is 24.8 Å². The van der Waals surface area contributed by atoms with Gasteiger partial charge >= 0.3 is 0 Å². The summed E-state index contributed by atoms with van der Waals surface area (Å²) in [6.45, 7) is 9.04. The molecule has 0 saturated heterocycles. The van der Waals surface area contributed by atoms with Gasteiger partial charge in [-0.1, -0.05) is 45.0 Å². The van der Waals surface area contributed by atoms with Gasteiger partial charge in [0.05, 0.1) is 1.37 Å². The van der Waals surface area contributed by atoms with E-state index in [9.17, 15) is 9.90 Å². The van der Waals surface area contributed by atoms with Crippen LogP contribution in [0.15, 0.2) is 24.2 Å². The Morgan fingerprint density at radius 3 is 2.12 bits per heavy atom. The minimum absolute atomic E-state index is 0.0495. The van der Waals surface area contributed by atoms with E-state index in [1.807, 2.05) is 6.07 Å². The molecular weight excluding hydrogens is 200 g/mol. The Bertz CT molecular complexity index is 437. The Hall–Kier alpha value is -1.15. The van der Waals surface area contributed by atoms with Gasteiger partial charge in [0.2, 0.25) is 0 Å². The van der Waals surface area contributed by atoms with Crippen molar-refractivity contribution in [1.82, 2.24) is 0 Å². The van der Waals surface area contributed by atoms with Gasteiger partial charge in [-0.2, -0.15) is 0 Å². The molecule has 2 heteroatoms. The number of aliphatic hydroxyl groups is 1. The Kier molecular flexibility index (Phi) is 2.85. The van der Waals surface area contributed by atoms with Gasteiger partial charge < -0.3 is 5.11 Å². The zero-order chi connectivity index (χ0) is 13.4. The number of carbonyl (C=O) groups is 1. The molecule has 0 bridgehead atoms. The van der Waals surface area contributed by atoms with Gasteiger partial charge in [0.25, 0.3) is 0 Å². The molecule has 0 unspecified atom stereocenters. The van der Waals surface area contributed by atoms with Crippen molar-refractivity contribution in [3.05, 3.63) is 35.4 Å². The average Bonchev–Trinajstić information content (AvgIpc) is 2.13. The SMILES string of the molecule is [2H]c1cc(C(C)(C)C)ccc1C(=O)C(C)(C)O. The molecule has 1 N–H and O–H groups in total. The summed E-state index contributed by atoms with van der Waals surface area (Å²) in [4.78, 5) is 11.9. The van der Waals surface area contributed by atoms with Gasteiger partial charge in [-0.15, -0.1) is 0 Å².